The van der Waals surface area contributed by atoms with Gasteiger partial charge in [-0.15, -0.1) is 5.10 Å². The van der Waals surface area contributed by atoms with Crippen molar-refractivity contribution in [1.82, 2.24) is 19.6 Å². The van der Waals surface area contributed by atoms with Crippen LogP contribution >= 0.6 is 11.6 Å². The van der Waals surface area contributed by atoms with E-state index in [-0.39, 0.29) is 12.3 Å². The van der Waals surface area contributed by atoms with Crippen LogP contribution in [0.4, 0.5) is 5.69 Å². The normalized spacial score (nSPS) is 11.0. The Hall–Kier alpha value is -3.25. The van der Waals surface area contributed by atoms with Crippen LogP contribution in [-0.2, 0) is 11.2 Å². The average molecular weight is 406 g/mol. The third-order valence-electron chi connectivity index (χ3n) is 4.80. The van der Waals surface area contributed by atoms with Gasteiger partial charge in [-0.05, 0) is 50.6 Å². The third-order valence-corrected chi connectivity index (χ3v) is 5.13. The molecule has 146 valence electrons. The highest BCUT2D eigenvalue weighted by Gasteiger charge is 2.17. The van der Waals surface area contributed by atoms with Crippen molar-refractivity contribution in [3.05, 3.63) is 76.1 Å². The number of carbonyl (C=O) groups excluding carboxylic acids is 1. The van der Waals surface area contributed by atoms with Crippen molar-refractivity contribution in [2.45, 2.75) is 27.2 Å². The van der Waals surface area contributed by atoms with E-state index in [4.69, 9.17) is 11.6 Å². The van der Waals surface area contributed by atoms with Gasteiger partial charge in [-0.1, -0.05) is 35.9 Å². The molecule has 1 N–H and O–H groups in total. The van der Waals surface area contributed by atoms with E-state index in [1.165, 1.54) is 0 Å². The summed E-state index contributed by atoms with van der Waals surface area (Å²) in [6.07, 6.45) is 0.204. The van der Waals surface area contributed by atoms with Gasteiger partial charge in [0.2, 0.25) is 5.91 Å². The van der Waals surface area contributed by atoms with Gasteiger partial charge in [0.05, 0.1) is 11.4 Å². The van der Waals surface area contributed by atoms with E-state index in [1.54, 1.807) is 10.6 Å². The number of fused-ring (bicyclic) bond motifs is 1. The Morgan fingerprint density at radius 2 is 1.86 bits per heavy atom. The lowest BCUT2D eigenvalue weighted by Gasteiger charge is -2.11. The van der Waals surface area contributed by atoms with Crippen molar-refractivity contribution in [2.75, 3.05) is 5.32 Å². The molecule has 2 aromatic heterocycles. The number of benzene rings is 2. The lowest BCUT2D eigenvalue weighted by Crippen LogP contribution is -2.17. The number of amides is 1. The van der Waals surface area contributed by atoms with E-state index < -0.39 is 0 Å². The van der Waals surface area contributed by atoms with E-state index in [1.807, 2.05) is 63.2 Å². The highest BCUT2D eigenvalue weighted by molar-refractivity contribution is 6.33. The van der Waals surface area contributed by atoms with E-state index in [9.17, 15) is 4.79 Å². The molecule has 4 rings (SSSR count). The number of aryl methyl sites for hydroxylation is 3. The smallest absolute Gasteiger partial charge is 0.253 e. The summed E-state index contributed by atoms with van der Waals surface area (Å²) in [6.45, 7) is 5.79. The summed E-state index contributed by atoms with van der Waals surface area (Å²) < 4.78 is 1.67. The molecule has 0 radical (unpaired) electrons. The van der Waals surface area contributed by atoms with Gasteiger partial charge in [-0.2, -0.15) is 4.98 Å². The number of nitrogens with one attached hydrogen (secondary N) is 1. The lowest BCUT2D eigenvalue weighted by atomic mass is 10.1. The Morgan fingerprint density at radius 1 is 1.07 bits per heavy atom. The maximum Gasteiger partial charge on any atom is 0.253 e. The molecular weight excluding hydrogens is 386 g/mol. The Kier molecular flexibility index (Phi) is 5.03. The lowest BCUT2D eigenvalue weighted by molar-refractivity contribution is -0.115. The fraction of sp³-hybridized carbons (Fsp3) is 0.182. The van der Waals surface area contributed by atoms with Crippen molar-refractivity contribution < 1.29 is 4.79 Å². The predicted molar refractivity (Wildman–Crippen MR) is 114 cm³/mol. The van der Waals surface area contributed by atoms with Crippen LogP contribution in [0.1, 0.15) is 22.5 Å². The molecule has 0 aliphatic rings. The summed E-state index contributed by atoms with van der Waals surface area (Å²) in [5.74, 6) is 0.888. The van der Waals surface area contributed by atoms with Gasteiger partial charge in [0.15, 0.2) is 5.82 Å². The quantitative estimate of drug-likeness (QED) is 0.540. The number of hydrogen-bond acceptors (Lipinski definition) is 4. The molecule has 0 spiro atoms. The molecule has 0 saturated carbocycles. The number of nitrogens with zero attached hydrogens (tertiary/aromatic N) is 4. The van der Waals surface area contributed by atoms with Crippen molar-refractivity contribution in [1.29, 1.82) is 0 Å². The largest absolute Gasteiger partial charge is 0.326 e. The zero-order valence-corrected chi connectivity index (χ0v) is 17.2. The van der Waals surface area contributed by atoms with Crippen molar-refractivity contribution in [3.63, 3.8) is 0 Å². The fourth-order valence-electron chi connectivity index (χ4n) is 3.31. The van der Waals surface area contributed by atoms with Crippen molar-refractivity contribution in [3.8, 4) is 11.4 Å². The molecule has 0 bridgehead atoms. The molecule has 0 atom stereocenters. The van der Waals surface area contributed by atoms with E-state index in [2.05, 4.69) is 20.4 Å². The molecule has 0 unspecified atom stereocenters. The second-order valence-electron chi connectivity index (χ2n) is 6.98. The second kappa shape index (κ2) is 7.64. The van der Waals surface area contributed by atoms with Crippen molar-refractivity contribution >= 4 is 29.0 Å². The number of aromatic nitrogens is 4. The Labute approximate surface area is 173 Å². The summed E-state index contributed by atoms with van der Waals surface area (Å²) >= 11 is 6.28. The molecule has 29 heavy (non-hydrogen) atoms. The summed E-state index contributed by atoms with van der Waals surface area (Å²) in [5.41, 5.74) is 5.04. The van der Waals surface area contributed by atoms with Crippen LogP contribution in [0.15, 0.2) is 48.5 Å². The van der Waals surface area contributed by atoms with Crippen LogP contribution in [0.2, 0.25) is 5.02 Å². The van der Waals surface area contributed by atoms with Crippen LogP contribution in [-0.4, -0.2) is 25.5 Å². The Balaban J connectivity index is 1.66. The molecule has 0 aliphatic heterocycles. The molecule has 0 fully saturated rings. The Bertz CT molecular complexity index is 1230. The zero-order valence-electron chi connectivity index (χ0n) is 16.4. The molecule has 0 aliphatic carbocycles. The van der Waals surface area contributed by atoms with Gasteiger partial charge in [0.1, 0.15) is 0 Å². The van der Waals surface area contributed by atoms with Gasteiger partial charge in [0, 0.05) is 28.2 Å². The first-order valence-corrected chi connectivity index (χ1v) is 9.64. The minimum Gasteiger partial charge on any atom is -0.326 e. The summed E-state index contributed by atoms with van der Waals surface area (Å²) in [7, 11) is 0. The highest BCUT2D eigenvalue weighted by Crippen LogP contribution is 2.26. The molecule has 0 saturated heterocycles. The third kappa shape index (κ3) is 3.84. The maximum absolute atomic E-state index is 12.6. The average Bonchev–Trinajstić information content (AvgIpc) is 3.09. The summed E-state index contributed by atoms with van der Waals surface area (Å²) in [5, 5.41) is 8.10. The van der Waals surface area contributed by atoms with Gasteiger partial charge in [-0.25, -0.2) is 9.50 Å². The van der Waals surface area contributed by atoms with Crippen molar-refractivity contribution in [2.24, 2.45) is 0 Å². The van der Waals surface area contributed by atoms with Crippen LogP contribution < -0.4 is 5.32 Å². The minimum absolute atomic E-state index is 0.102. The molecule has 1 amide bonds. The molecular formula is C22H20ClN5O. The van der Waals surface area contributed by atoms with Gasteiger partial charge in [-0.3, -0.25) is 4.79 Å². The second-order valence-corrected chi connectivity index (χ2v) is 7.39. The topological polar surface area (TPSA) is 72.2 Å². The van der Waals surface area contributed by atoms with Crippen LogP contribution in [0, 0.1) is 20.8 Å². The standard InChI is InChI=1S/C22H20ClN5O/c1-13-7-6-8-16(11-13)25-20(29)12-18-14(2)24-22-26-21(27-28(22)15(18)3)17-9-4-5-10-19(17)23/h4-11H,12H2,1-3H3,(H,25,29). The number of halogens is 1. The Morgan fingerprint density at radius 3 is 2.62 bits per heavy atom. The van der Waals surface area contributed by atoms with Gasteiger partial charge in [0.25, 0.3) is 5.78 Å². The minimum atomic E-state index is -0.102. The molecule has 2 heterocycles. The molecule has 4 aromatic rings. The first kappa shape index (κ1) is 19.1. The summed E-state index contributed by atoms with van der Waals surface area (Å²) in [4.78, 5) is 21.7. The molecule has 7 heteroatoms. The van der Waals surface area contributed by atoms with Crippen LogP contribution in [0.5, 0.6) is 0 Å². The summed E-state index contributed by atoms with van der Waals surface area (Å²) in [6, 6.07) is 15.1. The number of carbonyl (C=O) groups is 1. The fourth-order valence-corrected chi connectivity index (χ4v) is 3.53. The van der Waals surface area contributed by atoms with Gasteiger partial charge >= 0.3 is 0 Å². The number of hydrogen-bond donors (Lipinski definition) is 1. The first-order chi connectivity index (χ1) is 13.9. The molecule has 2 aromatic carbocycles. The monoisotopic (exact) mass is 405 g/mol. The van der Waals surface area contributed by atoms with Crippen LogP contribution in [0.25, 0.3) is 17.2 Å². The maximum atomic E-state index is 12.6. The first-order valence-electron chi connectivity index (χ1n) is 9.26. The van der Waals surface area contributed by atoms with E-state index in [0.29, 0.717) is 16.6 Å². The van der Waals surface area contributed by atoms with Crippen LogP contribution in [0.3, 0.4) is 0 Å². The number of anilines is 1. The zero-order chi connectivity index (χ0) is 20.5. The molecule has 6 nitrogen and oxygen atoms in total. The predicted octanol–water partition coefficient (Wildman–Crippen LogP) is 4.55. The van der Waals surface area contributed by atoms with Gasteiger partial charge < -0.3 is 5.32 Å². The number of rotatable bonds is 4. The van der Waals surface area contributed by atoms with E-state index in [0.717, 1.165) is 33.8 Å². The SMILES string of the molecule is Cc1cccc(NC(=O)Cc2c(C)nc3nc(-c4ccccc4Cl)nn3c2C)c1. The highest BCUT2D eigenvalue weighted by atomic mass is 35.5. The van der Waals surface area contributed by atoms with E-state index >= 15 is 0 Å².